The number of aromatic carboxylic acids is 1. The zero-order valence-corrected chi connectivity index (χ0v) is 10.2. The van der Waals surface area contributed by atoms with Gasteiger partial charge in [0.1, 0.15) is 0 Å². The molecule has 3 heteroatoms. The Labute approximate surface area is 100 Å². The Kier molecular flexibility index (Phi) is 3.54. The third kappa shape index (κ3) is 2.59. The van der Waals surface area contributed by atoms with Gasteiger partial charge in [-0.3, -0.25) is 0 Å². The predicted molar refractivity (Wildman–Crippen MR) is 66.3 cm³/mol. The van der Waals surface area contributed by atoms with Crippen LogP contribution in [-0.2, 0) is 0 Å². The second-order valence-corrected chi connectivity index (χ2v) is 5.67. The highest BCUT2D eigenvalue weighted by Gasteiger charge is 2.19. The molecule has 1 aromatic carbocycles. The predicted octanol–water partition coefficient (Wildman–Crippen LogP) is 3.73. The summed E-state index contributed by atoms with van der Waals surface area (Å²) in [6.45, 7) is 2.00. The number of carbonyl (C=O) groups is 1. The van der Waals surface area contributed by atoms with Crippen molar-refractivity contribution >= 4 is 17.7 Å². The normalized spacial score (nSPS) is 16.6. The van der Waals surface area contributed by atoms with Crippen molar-refractivity contribution in [1.82, 2.24) is 0 Å². The van der Waals surface area contributed by atoms with Gasteiger partial charge in [-0.05, 0) is 37.5 Å². The van der Waals surface area contributed by atoms with Crippen LogP contribution in [0.15, 0.2) is 23.1 Å². The van der Waals surface area contributed by atoms with E-state index < -0.39 is 5.97 Å². The molecule has 0 atom stereocenters. The molecule has 1 N–H and O–H groups in total. The third-order valence-electron chi connectivity index (χ3n) is 2.96. The maximum absolute atomic E-state index is 11.1. The molecular formula is C13H16O2S. The number of thioether (sulfide) groups is 1. The summed E-state index contributed by atoms with van der Waals surface area (Å²) in [5.74, 6) is -0.819. The Bertz CT molecular complexity index is 395. The van der Waals surface area contributed by atoms with Crippen LogP contribution in [0.5, 0.6) is 0 Å². The fraction of sp³-hybridized carbons (Fsp3) is 0.462. The fourth-order valence-electron chi connectivity index (χ4n) is 2.09. The van der Waals surface area contributed by atoms with Gasteiger partial charge < -0.3 is 5.11 Å². The summed E-state index contributed by atoms with van der Waals surface area (Å²) in [6, 6.07) is 5.57. The molecule has 0 spiro atoms. The van der Waals surface area contributed by atoms with Crippen LogP contribution in [0.25, 0.3) is 0 Å². The smallest absolute Gasteiger partial charge is 0.336 e. The summed E-state index contributed by atoms with van der Waals surface area (Å²) in [5.41, 5.74) is 1.58. The van der Waals surface area contributed by atoms with Crippen LogP contribution in [0.1, 0.15) is 41.6 Å². The molecule has 2 rings (SSSR count). The first-order chi connectivity index (χ1) is 7.66. The molecule has 1 aromatic rings. The molecule has 1 fully saturated rings. The van der Waals surface area contributed by atoms with Crippen molar-refractivity contribution in [3.63, 3.8) is 0 Å². The molecule has 0 saturated heterocycles. The molecule has 1 aliphatic rings. The van der Waals surface area contributed by atoms with Gasteiger partial charge in [0.05, 0.1) is 5.56 Å². The summed E-state index contributed by atoms with van der Waals surface area (Å²) < 4.78 is 0. The molecule has 16 heavy (non-hydrogen) atoms. The van der Waals surface area contributed by atoms with Crippen molar-refractivity contribution in [3.05, 3.63) is 29.3 Å². The van der Waals surface area contributed by atoms with Gasteiger partial charge in [0.2, 0.25) is 0 Å². The largest absolute Gasteiger partial charge is 0.478 e. The number of rotatable bonds is 3. The lowest BCUT2D eigenvalue weighted by Crippen LogP contribution is -2.02. The van der Waals surface area contributed by atoms with Crippen LogP contribution in [0, 0.1) is 6.92 Å². The van der Waals surface area contributed by atoms with Gasteiger partial charge in [-0.25, -0.2) is 4.79 Å². The SMILES string of the molecule is Cc1ccc(C(=O)O)c(SC2CCCC2)c1. The number of hydrogen-bond acceptors (Lipinski definition) is 2. The van der Waals surface area contributed by atoms with Crippen LogP contribution in [0.3, 0.4) is 0 Å². The lowest BCUT2D eigenvalue weighted by molar-refractivity contribution is 0.0693. The minimum absolute atomic E-state index is 0.447. The lowest BCUT2D eigenvalue weighted by atomic mass is 10.1. The molecule has 0 aromatic heterocycles. The number of carboxylic acid groups (broad SMARTS) is 1. The molecular weight excluding hydrogens is 220 g/mol. The maximum atomic E-state index is 11.1. The zero-order valence-electron chi connectivity index (χ0n) is 9.40. The molecule has 0 unspecified atom stereocenters. The highest BCUT2D eigenvalue weighted by Crippen LogP contribution is 2.36. The van der Waals surface area contributed by atoms with Gasteiger partial charge in [0.15, 0.2) is 0 Å². The van der Waals surface area contributed by atoms with Crippen molar-refractivity contribution in [2.75, 3.05) is 0 Å². The highest BCUT2D eigenvalue weighted by atomic mass is 32.2. The van der Waals surface area contributed by atoms with E-state index in [1.165, 1.54) is 25.7 Å². The molecule has 0 heterocycles. The maximum Gasteiger partial charge on any atom is 0.336 e. The third-order valence-corrected chi connectivity index (χ3v) is 4.36. The van der Waals surface area contributed by atoms with Crippen molar-refractivity contribution < 1.29 is 9.90 Å². The summed E-state index contributed by atoms with van der Waals surface area (Å²) >= 11 is 1.74. The van der Waals surface area contributed by atoms with Crippen LogP contribution < -0.4 is 0 Å². The molecule has 0 bridgehead atoms. The number of hydrogen-bond donors (Lipinski definition) is 1. The van der Waals surface area contributed by atoms with E-state index in [0.29, 0.717) is 10.8 Å². The Morgan fingerprint density at radius 2 is 2.06 bits per heavy atom. The Morgan fingerprint density at radius 1 is 1.38 bits per heavy atom. The Morgan fingerprint density at radius 3 is 2.69 bits per heavy atom. The summed E-state index contributed by atoms with van der Waals surface area (Å²) in [7, 11) is 0. The van der Waals surface area contributed by atoms with E-state index in [4.69, 9.17) is 5.11 Å². The fourth-order valence-corrected chi connectivity index (χ4v) is 3.55. The van der Waals surface area contributed by atoms with Crippen molar-refractivity contribution in [3.8, 4) is 0 Å². The topological polar surface area (TPSA) is 37.3 Å². The van der Waals surface area contributed by atoms with E-state index in [1.807, 2.05) is 19.1 Å². The second kappa shape index (κ2) is 4.91. The lowest BCUT2D eigenvalue weighted by Gasteiger charge is -2.11. The van der Waals surface area contributed by atoms with Gasteiger partial charge in [0, 0.05) is 10.1 Å². The molecule has 0 aliphatic heterocycles. The van der Waals surface area contributed by atoms with Crippen LogP contribution >= 0.6 is 11.8 Å². The molecule has 2 nitrogen and oxygen atoms in total. The van der Waals surface area contributed by atoms with Gasteiger partial charge >= 0.3 is 5.97 Å². The van der Waals surface area contributed by atoms with Crippen molar-refractivity contribution in [2.45, 2.75) is 42.8 Å². The summed E-state index contributed by atoms with van der Waals surface area (Å²) in [6.07, 6.45) is 5.01. The molecule has 86 valence electrons. The molecule has 1 saturated carbocycles. The molecule has 0 radical (unpaired) electrons. The van der Waals surface area contributed by atoms with E-state index in [0.717, 1.165) is 10.5 Å². The van der Waals surface area contributed by atoms with E-state index >= 15 is 0 Å². The van der Waals surface area contributed by atoms with Crippen molar-refractivity contribution in [1.29, 1.82) is 0 Å². The number of aryl methyl sites for hydroxylation is 1. The summed E-state index contributed by atoms with van der Waals surface area (Å²) in [5, 5.41) is 9.73. The quantitative estimate of drug-likeness (QED) is 0.869. The monoisotopic (exact) mass is 236 g/mol. The second-order valence-electron chi connectivity index (χ2n) is 4.33. The first kappa shape index (κ1) is 11.5. The van der Waals surface area contributed by atoms with E-state index in [9.17, 15) is 4.79 Å². The van der Waals surface area contributed by atoms with Crippen LogP contribution in [-0.4, -0.2) is 16.3 Å². The average molecular weight is 236 g/mol. The Balaban J connectivity index is 2.22. The van der Waals surface area contributed by atoms with Crippen LogP contribution in [0.4, 0.5) is 0 Å². The minimum atomic E-state index is -0.819. The summed E-state index contributed by atoms with van der Waals surface area (Å²) in [4.78, 5) is 12.0. The molecule has 1 aliphatic carbocycles. The number of carboxylic acids is 1. The van der Waals surface area contributed by atoms with Gasteiger partial charge in [0.25, 0.3) is 0 Å². The van der Waals surface area contributed by atoms with Crippen molar-refractivity contribution in [2.24, 2.45) is 0 Å². The van der Waals surface area contributed by atoms with Gasteiger partial charge in [-0.2, -0.15) is 0 Å². The first-order valence-corrected chi connectivity index (χ1v) is 6.55. The first-order valence-electron chi connectivity index (χ1n) is 5.67. The van der Waals surface area contributed by atoms with Crippen LogP contribution in [0.2, 0.25) is 0 Å². The van der Waals surface area contributed by atoms with Gasteiger partial charge in [-0.15, -0.1) is 11.8 Å². The van der Waals surface area contributed by atoms with E-state index in [2.05, 4.69) is 0 Å². The zero-order chi connectivity index (χ0) is 11.5. The number of benzene rings is 1. The standard InChI is InChI=1S/C13H16O2S/c1-9-6-7-11(13(14)15)12(8-9)16-10-4-2-3-5-10/h6-8,10H,2-5H2,1H3,(H,14,15). The highest BCUT2D eigenvalue weighted by molar-refractivity contribution is 8.00. The molecule has 0 amide bonds. The van der Waals surface area contributed by atoms with E-state index in [1.54, 1.807) is 17.8 Å². The minimum Gasteiger partial charge on any atom is -0.478 e. The van der Waals surface area contributed by atoms with Gasteiger partial charge in [-0.1, -0.05) is 18.9 Å². The Hall–Kier alpha value is -0.960. The van der Waals surface area contributed by atoms with E-state index in [-0.39, 0.29) is 0 Å². The average Bonchev–Trinajstić information content (AvgIpc) is 2.70.